The molecular weight excluding hydrogens is 136 g/mol. The van der Waals surface area contributed by atoms with Gasteiger partial charge in [0.1, 0.15) is 0 Å². The van der Waals surface area contributed by atoms with Crippen molar-refractivity contribution in [2.24, 2.45) is 5.92 Å². The SMILES string of the molecule is CC1C=C(C(C)C)CC(C)O1. The highest BCUT2D eigenvalue weighted by atomic mass is 16.5. The lowest BCUT2D eigenvalue weighted by atomic mass is 9.94. The van der Waals surface area contributed by atoms with E-state index in [2.05, 4.69) is 33.8 Å². The van der Waals surface area contributed by atoms with Crippen LogP contribution in [0.3, 0.4) is 0 Å². The fourth-order valence-corrected chi connectivity index (χ4v) is 1.58. The maximum atomic E-state index is 5.59. The summed E-state index contributed by atoms with van der Waals surface area (Å²) in [4.78, 5) is 0. The van der Waals surface area contributed by atoms with Crippen LogP contribution >= 0.6 is 0 Å². The minimum Gasteiger partial charge on any atom is -0.371 e. The lowest BCUT2D eigenvalue weighted by molar-refractivity contribution is 0.0221. The van der Waals surface area contributed by atoms with E-state index in [4.69, 9.17) is 4.74 Å². The van der Waals surface area contributed by atoms with E-state index in [0.717, 1.165) is 6.42 Å². The van der Waals surface area contributed by atoms with Gasteiger partial charge in [0, 0.05) is 0 Å². The summed E-state index contributed by atoms with van der Waals surface area (Å²) in [5.41, 5.74) is 1.55. The highest BCUT2D eigenvalue weighted by Gasteiger charge is 2.17. The third-order valence-electron chi connectivity index (χ3n) is 2.16. The molecule has 0 aromatic heterocycles. The van der Waals surface area contributed by atoms with Gasteiger partial charge < -0.3 is 4.74 Å². The Morgan fingerprint density at radius 2 is 2.09 bits per heavy atom. The second kappa shape index (κ2) is 3.40. The fraction of sp³-hybridized carbons (Fsp3) is 0.800. The van der Waals surface area contributed by atoms with Crippen LogP contribution in [0.5, 0.6) is 0 Å². The van der Waals surface area contributed by atoms with Gasteiger partial charge in [-0.25, -0.2) is 0 Å². The zero-order valence-electron chi connectivity index (χ0n) is 7.92. The van der Waals surface area contributed by atoms with E-state index in [-0.39, 0.29) is 0 Å². The van der Waals surface area contributed by atoms with E-state index in [1.807, 2.05) is 0 Å². The summed E-state index contributed by atoms with van der Waals surface area (Å²) in [7, 11) is 0. The molecule has 0 saturated heterocycles. The quantitative estimate of drug-likeness (QED) is 0.528. The molecule has 0 fully saturated rings. The highest BCUT2D eigenvalue weighted by molar-refractivity contribution is 5.11. The Hall–Kier alpha value is -0.300. The minimum absolute atomic E-state index is 0.316. The van der Waals surface area contributed by atoms with Crippen molar-refractivity contribution in [2.45, 2.75) is 46.3 Å². The second-order valence-electron chi connectivity index (χ2n) is 3.75. The Labute approximate surface area is 69.4 Å². The molecule has 11 heavy (non-hydrogen) atoms. The molecule has 1 aliphatic rings. The van der Waals surface area contributed by atoms with Crippen LogP contribution in [0.2, 0.25) is 0 Å². The van der Waals surface area contributed by atoms with Crippen LogP contribution in [0.15, 0.2) is 11.6 Å². The Kier molecular flexibility index (Phi) is 2.72. The molecule has 0 aliphatic carbocycles. The van der Waals surface area contributed by atoms with Gasteiger partial charge in [-0.1, -0.05) is 25.5 Å². The predicted octanol–water partition coefficient (Wildman–Crippen LogP) is 2.77. The molecule has 0 spiro atoms. The van der Waals surface area contributed by atoms with Gasteiger partial charge in [0.25, 0.3) is 0 Å². The summed E-state index contributed by atoms with van der Waals surface area (Å²) < 4.78 is 5.59. The molecule has 0 saturated carbocycles. The second-order valence-corrected chi connectivity index (χ2v) is 3.75. The molecule has 0 aromatic carbocycles. The van der Waals surface area contributed by atoms with Crippen LogP contribution in [0.4, 0.5) is 0 Å². The first kappa shape index (κ1) is 8.79. The Bertz CT molecular complexity index is 158. The molecule has 1 aliphatic heterocycles. The van der Waals surface area contributed by atoms with Crippen molar-refractivity contribution in [3.63, 3.8) is 0 Å². The summed E-state index contributed by atoms with van der Waals surface area (Å²) in [6.45, 7) is 8.75. The minimum atomic E-state index is 0.316. The lowest BCUT2D eigenvalue weighted by Gasteiger charge is -2.26. The molecule has 0 radical (unpaired) electrons. The van der Waals surface area contributed by atoms with Gasteiger partial charge in [-0.2, -0.15) is 0 Å². The van der Waals surface area contributed by atoms with Crippen LogP contribution in [0, 0.1) is 5.92 Å². The molecule has 1 heteroatoms. The first-order valence-electron chi connectivity index (χ1n) is 4.45. The Morgan fingerprint density at radius 3 is 2.55 bits per heavy atom. The maximum absolute atomic E-state index is 5.59. The maximum Gasteiger partial charge on any atom is 0.0734 e. The van der Waals surface area contributed by atoms with Crippen LogP contribution in [0.25, 0.3) is 0 Å². The number of hydrogen-bond acceptors (Lipinski definition) is 1. The van der Waals surface area contributed by atoms with Gasteiger partial charge >= 0.3 is 0 Å². The van der Waals surface area contributed by atoms with Crippen molar-refractivity contribution < 1.29 is 4.74 Å². The molecule has 1 rings (SSSR count). The van der Waals surface area contributed by atoms with Gasteiger partial charge in [-0.05, 0) is 26.2 Å². The molecule has 0 bridgehead atoms. The van der Waals surface area contributed by atoms with Crippen molar-refractivity contribution in [3.05, 3.63) is 11.6 Å². The van der Waals surface area contributed by atoms with Crippen molar-refractivity contribution in [2.75, 3.05) is 0 Å². The van der Waals surface area contributed by atoms with Crippen molar-refractivity contribution in [1.29, 1.82) is 0 Å². The van der Waals surface area contributed by atoms with E-state index >= 15 is 0 Å². The average Bonchev–Trinajstić information content (AvgIpc) is 1.85. The highest BCUT2D eigenvalue weighted by Crippen LogP contribution is 2.24. The van der Waals surface area contributed by atoms with E-state index in [9.17, 15) is 0 Å². The summed E-state index contributed by atoms with van der Waals surface area (Å²) in [6.07, 6.45) is 4.09. The van der Waals surface area contributed by atoms with E-state index in [1.165, 1.54) is 0 Å². The summed E-state index contributed by atoms with van der Waals surface area (Å²) in [6, 6.07) is 0. The largest absolute Gasteiger partial charge is 0.371 e. The zero-order valence-corrected chi connectivity index (χ0v) is 7.92. The smallest absolute Gasteiger partial charge is 0.0734 e. The van der Waals surface area contributed by atoms with Crippen molar-refractivity contribution >= 4 is 0 Å². The van der Waals surface area contributed by atoms with Crippen molar-refractivity contribution in [3.8, 4) is 0 Å². The molecule has 2 unspecified atom stereocenters. The summed E-state index contributed by atoms with van der Waals surface area (Å²) in [5, 5.41) is 0. The van der Waals surface area contributed by atoms with E-state index < -0.39 is 0 Å². The third kappa shape index (κ3) is 2.33. The van der Waals surface area contributed by atoms with Crippen LogP contribution < -0.4 is 0 Å². The summed E-state index contributed by atoms with van der Waals surface area (Å²) >= 11 is 0. The van der Waals surface area contributed by atoms with Crippen LogP contribution in [-0.2, 0) is 4.74 Å². The molecule has 0 N–H and O–H groups in total. The Balaban J connectivity index is 2.64. The topological polar surface area (TPSA) is 9.23 Å². The molecule has 64 valence electrons. The molecule has 0 amide bonds. The predicted molar refractivity (Wildman–Crippen MR) is 47.5 cm³/mol. The van der Waals surface area contributed by atoms with Gasteiger partial charge in [0.05, 0.1) is 12.2 Å². The molecule has 1 heterocycles. The number of ether oxygens (including phenoxy) is 1. The molecule has 0 aromatic rings. The van der Waals surface area contributed by atoms with Crippen molar-refractivity contribution in [1.82, 2.24) is 0 Å². The van der Waals surface area contributed by atoms with Gasteiger partial charge in [0.15, 0.2) is 0 Å². The summed E-state index contributed by atoms with van der Waals surface area (Å²) in [5.74, 6) is 0.684. The van der Waals surface area contributed by atoms with Crippen LogP contribution in [-0.4, -0.2) is 12.2 Å². The fourth-order valence-electron chi connectivity index (χ4n) is 1.58. The number of rotatable bonds is 1. The standard InChI is InChI=1S/C10H18O/c1-7(2)10-5-8(3)11-9(4)6-10/h5,7-9H,6H2,1-4H3. The molecular formula is C10H18O. The molecule has 2 atom stereocenters. The van der Waals surface area contributed by atoms with Gasteiger partial charge in [0.2, 0.25) is 0 Å². The average molecular weight is 154 g/mol. The zero-order chi connectivity index (χ0) is 8.43. The molecule has 1 nitrogen and oxygen atoms in total. The van der Waals surface area contributed by atoms with E-state index in [1.54, 1.807) is 5.57 Å². The normalized spacial score (nSPS) is 32.3. The Morgan fingerprint density at radius 1 is 1.45 bits per heavy atom. The lowest BCUT2D eigenvalue weighted by Crippen LogP contribution is -2.23. The van der Waals surface area contributed by atoms with Crippen LogP contribution in [0.1, 0.15) is 34.1 Å². The first-order chi connectivity index (χ1) is 5.09. The number of hydrogen-bond donors (Lipinski definition) is 0. The first-order valence-corrected chi connectivity index (χ1v) is 4.45. The monoisotopic (exact) mass is 154 g/mol. The van der Waals surface area contributed by atoms with Gasteiger partial charge in [-0.3, -0.25) is 0 Å². The van der Waals surface area contributed by atoms with E-state index in [0.29, 0.717) is 18.1 Å². The van der Waals surface area contributed by atoms with Gasteiger partial charge in [-0.15, -0.1) is 0 Å². The third-order valence-corrected chi connectivity index (χ3v) is 2.16.